The molecule has 0 spiro atoms. The van der Waals surface area contributed by atoms with Crippen LogP contribution in [-0.4, -0.2) is 32.9 Å². The fraction of sp³-hybridized carbons (Fsp3) is 0.455. The summed E-state index contributed by atoms with van der Waals surface area (Å²) in [6.07, 6.45) is 1.34. The Morgan fingerprint density at radius 3 is 2.54 bits per heavy atom. The highest BCUT2D eigenvalue weighted by Crippen LogP contribution is 2.33. The molecule has 2 atom stereocenters. The number of nitrogens with one attached hydrogen (secondary N) is 1. The molecule has 0 aliphatic carbocycles. The Morgan fingerprint density at radius 2 is 1.86 bits per heavy atom. The Hall–Kier alpha value is -1.89. The van der Waals surface area contributed by atoms with E-state index in [0.717, 1.165) is 35.3 Å². The van der Waals surface area contributed by atoms with Crippen molar-refractivity contribution in [1.29, 1.82) is 0 Å². The quantitative estimate of drug-likeness (QED) is 0.749. The van der Waals surface area contributed by atoms with E-state index in [1.807, 2.05) is 55.5 Å². The van der Waals surface area contributed by atoms with Crippen molar-refractivity contribution in [3.05, 3.63) is 54.1 Å². The molecule has 6 heteroatoms. The Morgan fingerprint density at radius 1 is 1.14 bits per heavy atom. The van der Waals surface area contributed by atoms with Gasteiger partial charge in [0.1, 0.15) is 5.75 Å². The van der Waals surface area contributed by atoms with Crippen molar-refractivity contribution in [2.75, 3.05) is 13.2 Å². The summed E-state index contributed by atoms with van der Waals surface area (Å²) in [5.74, 6) is 0.856. The average Bonchev–Trinajstić information content (AvgIpc) is 2.69. The van der Waals surface area contributed by atoms with Crippen LogP contribution < -0.4 is 9.46 Å². The third kappa shape index (κ3) is 4.74. The van der Waals surface area contributed by atoms with Crippen molar-refractivity contribution in [2.24, 2.45) is 0 Å². The number of sulfonamides is 1. The maximum Gasteiger partial charge on any atom is 0.214 e. The molecule has 28 heavy (non-hydrogen) atoms. The normalized spacial score (nSPS) is 20.3. The van der Waals surface area contributed by atoms with E-state index in [4.69, 9.17) is 9.47 Å². The molecular formula is C22H29NO4S. The van der Waals surface area contributed by atoms with Crippen LogP contribution in [0.3, 0.4) is 0 Å². The van der Waals surface area contributed by atoms with Crippen LogP contribution in [0.4, 0.5) is 0 Å². The molecule has 0 aromatic heterocycles. The van der Waals surface area contributed by atoms with Crippen molar-refractivity contribution in [2.45, 2.75) is 51.0 Å². The third-order valence-electron chi connectivity index (χ3n) is 5.00. The standard InChI is InChI=1S/C22H29NO4S/c1-4-26-21-10-6-5-8-19(21)17-11-13-18(14-12-17)22-20(9-7-15-27-22)23-28(24,25)16(2)3/h5-6,8,10-14,16,20,22-23H,4,7,9,15H2,1-3H3/t20-,22+/m1/s1. The van der Waals surface area contributed by atoms with Gasteiger partial charge in [0, 0.05) is 12.2 Å². The van der Waals surface area contributed by atoms with Gasteiger partial charge in [-0.25, -0.2) is 13.1 Å². The molecule has 1 aliphatic rings. The van der Waals surface area contributed by atoms with E-state index >= 15 is 0 Å². The Balaban J connectivity index is 1.83. The van der Waals surface area contributed by atoms with Gasteiger partial charge in [0.15, 0.2) is 0 Å². The zero-order valence-electron chi connectivity index (χ0n) is 16.7. The number of hydrogen-bond acceptors (Lipinski definition) is 4. The monoisotopic (exact) mass is 403 g/mol. The molecule has 0 radical (unpaired) electrons. The lowest BCUT2D eigenvalue weighted by Gasteiger charge is -2.33. The van der Waals surface area contributed by atoms with Crippen molar-refractivity contribution in [3.8, 4) is 16.9 Å². The maximum absolute atomic E-state index is 12.3. The highest BCUT2D eigenvalue weighted by atomic mass is 32.2. The van der Waals surface area contributed by atoms with Crippen LogP contribution in [0.15, 0.2) is 48.5 Å². The lowest BCUT2D eigenvalue weighted by Crippen LogP contribution is -2.45. The van der Waals surface area contributed by atoms with Gasteiger partial charge < -0.3 is 9.47 Å². The molecule has 0 amide bonds. The number of para-hydroxylation sites is 1. The van der Waals surface area contributed by atoms with E-state index in [9.17, 15) is 8.42 Å². The lowest BCUT2D eigenvalue weighted by atomic mass is 9.95. The first-order valence-corrected chi connectivity index (χ1v) is 11.4. The van der Waals surface area contributed by atoms with Crippen LogP contribution in [0.5, 0.6) is 5.75 Å². The minimum atomic E-state index is -3.35. The molecule has 1 heterocycles. The van der Waals surface area contributed by atoms with Gasteiger partial charge in [-0.15, -0.1) is 0 Å². The zero-order chi connectivity index (χ0) is 20.1. The Bertz CT molecular complexity index is 878. The molecule has 5 nitrogen and oxygen atoms in total. The van der Waals surface area contributed by atoms with E-state index in [0.29, 0.717) is 13.2 Å². The van der Waals surface area contributed by atoms with Gasteiger partial charge in [-0.2, -0.15) is 0 Å². The molecule has 3 rings (SSSR count). The van der Waals surface area contributed by atoms with Crippen LogP contribution in [-0.2, 0) is 14.8 Å². The van der Waals surface area contributed by atoms with E-state index < -0.39 is 15.3 Å². The van der Waals surface area contributed by atoms with E-state index in [2.05, 4.69) is 4.72 Å². The first kappa shape index (κ1) is 20.8. The SMILES string of the molecule is CCOc1ccccc1-c1ccc([C@@H]2OCCC[C@H]2NS(=O)(=O)C(C)C)cc1. The number of hydrogen-bond donors (Lipinski definition) is 1. The lowest BCUT2D eigenvalue weighted by molar-refractivity contribution is -0.00446. The Kier molecular flexibility index (Phi) is 6.75. The largest absolute Gasteiger partial charge is 0.493 e. The highest BCUT2D eigenvalue weighted by Gasteiger charge is 2.31. The molecule has 1 N–H and O–H groups in total. The summed E-state index contributed by atoms with van der Waals surface area (Å²) >= 11 is 0. The van der Waals surface area contributed by atoms with Crippen LogP contribution >= 0.6 is 0 Å². The minimum Gasteiger partial charge on any atom is -0.493 e. The van der Waals surface area contributed by atoms with Crippen molar-refractivity contribution in [1.82, 2.24) is 4.72 Å². The van der Waals surface area contributed by atoms with Gasteiger partial charge in [-0.05, 0) is 50.8 Å². The summed E-state index contributed by atoms with van der Waals surface area (Å²) < 4.78 is 39.2. The smallest absolute Gasteiger partial charge is 0.214 e. The predicted molar refractivity (Wildman–Crippen MR) is 112 cm³/mol. The van der Waals surface area contributed by atoms with Crippen molar-refractivity contribution in [3.63, 3.8) is 0 Å². The predicted octanol–water partition coefficient (Wildman–Crippen LogP) is 4.30. The van der Waals surface area contributed by atoms with Gasteiger partial charge in [-0.1, -0.05) is 42.5 Å². The first-order chi connectivity index (χ1) is 13.4. The molecule has 0 saturated carbocycles. The fourth-order valence-electron chi connectivity index (χ4n) is 3.42. The van der Waals surface area contributed by atoms with Crippen LogP contribution in [0.2, 0.25) is 0 Å². The van der Waals surface area contributed by atoms with Crippen LogP contribution in [0, 0.1) is 0 Å². The topological polar surface area (TPSA) is 64.6 Å². The average molecular weight is 404 g/mol. The molecule has 1 saturated heterocycles. The Labute approximate surface area is 168 Å². The molecule has 1 aliphatic heterocycles. The number of benzene rings is 2. The summed E-state index contributed by atoms with van der Waals surface area (Å²) in [5, 5.41) is -0.465. The van der Waals surface area contributed by atoms with Gasteiger partial charge in [0.05, 0.1) is 24.0 Å². The van der Waals surface area contributed by atoms with Gasteiger partial charge >= 0.3 is 0 Å². The third-order valence-corrected chi connectivity index (χ3v) is 6.87. The molecule has 2 aromatic rings. The second kappa shape index (κ2) is 9.07. The van der Waals surface area contributed by atoms with Gasteiger partial charge in [-0.3, -0.25) is 0 Å². The first-order valence-electron chi connectivity index (χ1n) is 9.87. The fourth-order valence-corrected chi connectivity index (χ4v) is 4.35. The second-order valence-electron chi connectivity index (χ2n) is 7.30. The molecular weight excluding hydrogens is 374 g/mol. The number of ether oxygens (including phenoxy) is 2. The summed E-state index contributed by atoms with van der Waals surface area (Å²) in [7, 11) is -3.35. The van der Waals surface area contributed by atoms with E-state index in [-0.39, 0.29) is 12.1 Å². The van der Waals surface area contributed by atoms with Crippen LogP contribution in [0.1, 0.15) is 45.3 Å². The molecule has 152 valence electrons. The molecule has 1 fully saturated rings. The second-order valence-corrected chi connectivity index (χ2v) is 9.57. The summed E-state index contributed by atoms with van der Waals surface area (Å²) in [6, 6.07) is 15.8. The summed E-state index contributed by atoms with van der Waals surface area (Å²) in [4.78, 5) is 0. The van der Waals surface area contributed by atoms with Crippen molar-refractivity contribution >= 4 is 10.0 Å². The zero-order valence-corrected chi connectivity index (χ0v) is 17.5. The molecule has 2 aromatic carbocycles. The number of rotatable bonds is 7. The van der Waals surface area contributed by atoms with E-state index in [1.54, 1.807) is 13.8 Å². The minimum absolute atomic E-state index is 0.247. The maximum atomic E-state index is 12.3. The molecule has 0 unspecified atom stereocenters. The van der Waals surface area contributed by atoms with Crippen molar-refractivity contribution < 1.29 is 17.9 Å². The summed E-state index contributed by atoms with van der Waals surface area (Å²) in [6.45, 7) is 6.60. The van der Waals surface area contributed by atoms with Gasteiger partial charge in [0.2, 0.25) is 10.0 Å². The summed E-state index contributed by atoms with van der Waals surface area (Å²) in [5.41, 5.74) is 3.08. The van der Waals surface area contributed by atoms with Crippen LogP contribution in [0.25, 0.3) is 11.1 Å². The van der Waals surface area contributed by atoms with E-state index in [1.165, 1.54) is 0 Å². The highest BCUT2D eigenvalue weighted by molar-refractivity contribution is 7.90. The van der Waals surface area contributed by atoms with Gasteiger partial charge in [0.25, 0.3) is 0 Å². The molecule has 0 bridgehead atoms.